The van der Waals surface area contributed by atoms with E-state index >= 15 is 0 Å². The SMILES string of the molecule is O=C([O-])[C@@H]1Nc2c(Cl)cc(Cl)c(Cl)c2[C@H]2C=CC[C@H]21. The monoisotopic (exact) mass is 316 g/mol. The predicted octanol–water partition coefficient (Wildman–Crippen LogP) is 2.85. The maximum Gasteiger partial charge on any atom is 0.0699 e. The van der Waals surface area contributed by atoms with Crippen LogP contribution in [0.4, 0.5) is 5.69 Å². The average molecular weight is 318 g/mol. The molecule has 1 aromatic carbocycles. The van der Waals surface area contributed by atoms with E-state index < -0.39 is 12.0 Å². The molecule has 0 unspecified atom stereocenters. The third-order valence-corrected chi connectivity index (χ3v) is 4.84. The second-order valence-electron chi connectivity index (χ2n) is 4.74. The van der Waals surface area contributed by atoms with Crippen LogP contribution in [0.3, 0.4) is 0 Å². The molecule has 6 heteroatoms. The highest BCUT2D eigenvalue weighted by Crippen LogP contribution is 2.51. The van der Waals surface area contributed by atoms with Crippen LogP contribution in [0.15, 0.2) is 18.2 Å². The molecule has 1 aliphatic heterocycles. The van der Waals surface area contributed by atoms with Crippen molar-refractivity contribution in [1.29, 1.82) is 0 Å². The van der Waals surface area contributed by atoms with Gasteiger partial charge < -0.3 is 15.2 Å². The lowest BCUT2D eigenvalue weighted by Gasteiger charge is -2.38. The lowest BCUT2D eigenvalue weighted by Crippen LogP contribution is -2.49. The molecule has 2 aliphatic rings. The number of hydrogen-bond donors (Lipinski definition) is 1. The first-order valence-electron chi connectivity index (χ1n) is 5.82. The van der Waals surface area contributed by atoms with Gasteiger partial charge >= 0.3 is 0 Å². The molecular formula is C13H9Cl3NO2-. The molecule has 0 aromatic heterocycles. The van der Waals surface area contributed by atoms with Crippen LogP contribution in [-0.2, 0) is 4.79 Å². The molecule has 100 valence electrons. The number of carboxylic acid groups (broad SMARTS) is 1. The number of hydrogen-bond acceptors (Lipinski definition) is 3. The van der Waals surface area contributed by atoms with Crippen molar-refractivity contribution in [3.05, 3.63) is 38.8 Å². The van der Waals surface area contributed by atoms with Gasteiger partial charge in [-0.1, -0.05) is 47.0 Å². The van der Waals surface area contributed by atoms with E-state index in [0.717, 1.165) is 5.56 Å². The average Bonchev–Trinajstić information content (AvgIpc) is 2.82. The van der Waals surface area contributed by atoms with Crippen LogP contribution in [-0.4, -0.2) is 12.0 Å². The van der Waals surface area contributed by atoms with Gasteiger partial charge in [0.2, 0.25) is 0 Å². The number of rotatable bonds is 1. The fourth-order valence-corrected chi connectivity index (χ4v) is 3.70. The second-order valence-corrected chi connectivity index (χ2v) is 5.93. The third kappa shape index (κ3) is 1.92. The Morgan fingerprint density at radius 2 is 2.05 bits per heavy atom. The van der Waals surface area contributed by atoms with Gasteiger partial charge in [-0.05, 0) is 18.4 Å². The van der Waals surface area contributed by atoms with Crippen molar-refractivity contribution in [1.82, 2.24) is 0 Å². The number of nitrogens with one attached hydrogen (secondary N) is 1. The van der Waals surface area contributed by atoms with Gasteiger partial charge in [-0.2, -0.15) is 0 Å². The summed E-state index contributed by atoms with van der Waals surface area (Å²) in [6.07, 6.45) is 4.57. The summed E-state index contributed by atoms with van der Waals surface area (Å²) in [7, 11) is 0. The molecule has 1 N–H and O–H groups in total. The summed E-state index contributed by atoms with van der Waals surface area (Å²) in [5, 5.41) is 15.4. The number of anilines is 1. The number of benzene rings is 1. The number of allylic oxidation sites excluding steroid dienone is 2. The van der Waals surface area contributed by atoms with Crippen LogP contribution in [0.5, 0.6) is 0 Å². The number of carboxylic acids is 1. The quantitative estimate of drug-likeness (QED) is 0.640. The van der Waals surface area contributed by atoms with Gasteiger partial charge in [-0.15, -0.1) is 0 Å². The van der Waals surface area contributed by atoms with E-state index in [2.05, 4.69) is 5.32 Å². The summed E-state index contributed by atoms with van der Waals surface area (Å²) in [5.41, 5.74) is 1.31. The van der Waals surface area contributed by atoms with Crippen molar-refractivity contribution in [2.45, 2.75) is 18.4 Å². The van der Waals surface area contributed by atoms with Gasteiger partial charge in [0, 0.05) is 11.5 Å². The van der Waals surface area contributed by atoms with E-state index in [1.54, 1.807) is 0 Å². The molecule has 1 aliphatic carbocycles. The molecule has 0 amide bonds. The fourth-order valence-electron chi connectivity index (χ4n) is 2.90. The summed E-state index contributed by atoms with van der Waals surface area (Å²) >= 11 is 18.4. The molecule has 0 radical (unpaired) electrons. The minimum absolute atomic E-state index is 0.0946. The van der Waals surface area contributed by atoms with Crippen LogP contribution >= 0.6 is 34.8 Å². The van der Waals surface area contributed by atoms with Crippen LogP contribution < -0.4 is 10.4 Å². The molecule has 0 fully saturated rings. The minimum atomic E-state index is -1.13. The standard InChI is InChI=1S/C13H10Cl3NO2/c14-7-4-8(15)12-9(10(7)16)5-2-1-3-6(5)11(17-12)13(18)19/h1-2,4-6,11,17H,3H2,(H,18,19)/p-1/t5-,6+,11+/m0/s1. The van der Waals surface area contributed by atoms with Gasteiger partial charge in [-0.25, -0.2) is 0 Å². The van der Waals surface area contributed by atoms with E-state index in [1.165, 1.54) is 6.07 Å². The maximum atomic E-state index is 11.3. The predicted molar refractivity (Wildman–Crippen MR) is 73.9 cm³/mol. The van der Waals surface area contributed by atoms with Crippen molar-refractivity contribution in [2.24, 2.45) is 5.92 Å². The maximum absolute atomic E-state index is 11.3. The third-order valence-electron chi connectivity index (χ3n) is 3.74. The first-order valence-corrected chi connectivity index (χ1v) is 6.95. The highest BCUT2D eigenvalue weighted by molar-refractivity contribution is 6.44. The molecule has 0 bridgehead atoms. The lowest BCUT2D eigenvalue weighted by molar-refractivity contribution is -0.308. The Bertz CT molecular complexity index is 600. The van der Waals surface area contributed by atoms with E-state index in [9.17, 15) is 9.90 Å². The summed E-state index contributed by atoms with van der Waals surface area (Å²) in [6, 6.07) is 0.741. The molecule has 0 saturated heterocycles. The Morgan fingerprint density at radius 3 is 2.74 bits per heavy atom. The zero-order chi connectivity index (χ0) is 13.7. The van der Waals surface area contributed by atoms with Crippen molar-refractivity contribution in [3.63, 3.8) is 0 Å². The highest BCUT2D eigenvalue weighted by Gasteiger charge is 2.40. The normalized spacial score (nSPS) is 27.6. The second kappa shape index (κ2) is 4.58. The van der Waals surface area contributed by atoms with Crippen LogP contribution in [0.25, 0.3) is 0 Å². The number of aliphatic carboxylic acids is 1. The number of halogens is 3. The molecule has 0 saturated carbocycles. The first kappa shape index (κ1) is 13.1. The molecule has 3 nitrogen and oxygen atoms in total. The number of carbonyl (C=O) groups excluding carboxylic acids is 1. The Hall–Kier alpha value is -0.900. The molecule has 3 rings (SSSR count). The van der Waals surface area contributed by atoms with E-state index in [0.29, 0.717) is 27.2 Å². The van der Waals surface area contributed by atoms with E-state index in [1.807, 2.05) is 12.2 Å². The Balaban J connectivity index is 2.21. The van der Waals surface area contributed by atoms with Crippen molar-refractivity contribution < 1.29 is 9.90 Å². The van der Waals surface area contributed by atoms with E-state index in [-0.39, 0.29) is 11.8 Å². The fraction of sp³-hybridized carbons (Fsp3) is 0.308. The Morgan fingerprint density at radius 1 is 1.32 bits per heavy atom. The summed E-state index contributed by atoms with van der Waals surface area (Å²) in [4.78, 5) is 11.3. The molecule has 1 heterocycles. The molecule has 0 spiro atoms. The van der Waals surface area contributed by atoms with E-state index in [4.69, 9.17) is 34.8 Å². The molecule has 1 aromatic rings. The van der Waals surface area contributed by atoms with Crippen molar-refractivity contribution >= 4 is 46.5 Å². The largest absolute Gasteiger partial charge is 0.548 e. The Kier molecular flexibility index (Phi) is 3.16. The van der Waals surface area contributed by atoms with Crippen molar-refractivity contribution in [3.8, 4) is 0 Å². The molecular weight excluding hydrogens is 309 g/mol. The number of carbonyl (C=O) groups is 1. The van der Waals surface area contributed by atoms with Gasteiger partial charge in [0.25, 0.3) is 0 Å². The first-order chi connectivity index (χ1) is 9.00. The lowest BCUT2D eigenvalue weighted by atomic mass is 9.79. The molecule has 19 heavy (non-hydrogen) atoms. The minimum Gasteiger partial charge on any atom is -0.548 e. The van der Waals surface area contributed by atoms with Gasteiger partial charge in [0.05, 0.1) is 32.8 Å². The van der Waals surface area contributed by atoms with Crippen LogP contribution in [0, 0.1) is 5.92 Å². The van der Waals surface area contributed by atoms with Crippen LogP contribution in [0.2, 0.25) is 15.1 Å². The van der Waals surface area contributed by atoms with Crippen LogP contribution in [0.1, 0.15) is 17.9 Å². The topological polar surface area (TPSA) is 52.2 Å². The van der Waals surface area contributed by atoms with Gasteiger partial charge in [-0.3, -0.25) is 0 Å². The highest BCUT2D eigenvalue weighted by atomic mass is 35.5. The molecule has 3 atom stereocenters. The van der Waals surface area contributed by atoms with Gasteiger partial charge in [0.1, 0.15) is 0 Å². The smallest absolute Gasteiger partial charge is 0.0699 e. The summed E-state index contributed by atoms with van der Waals surface area (Å²) in [5.74, 6) is -1.35. The zero-order valence-corrected chi connectivity index (χ0v) is 11.9. The van der Waals surface area contributed by atoms with Gasteiger partial charge in [0.15, 0.2) is 0 Å². The zero-order valence-electron chi connectivity index (χ0n) is 9.62. The Labute approximate surface area is 125 Å². The summed E-state index contributed by atoms with van der Waals surface area (Å²) < 4.78 is 0. The number of fused-ring (bicyclic) bond motifs is 3. The summed E-state index contributed by atoms with van der Waals surface area (Å²) in [6.45, 7) is 0. The van der Waals surface area contributed by atoms with Crippen molar-refractivity contribution in [2.75, 3.05) is 5.32 Å².